The lowest BCUT2D eigenvalue weighted by Crippen LogP contribution is -2.28. The van der Waals surface area contributed by atoms with Crippen LogP contribution in [0.1, 0.15) is 53.5 Å². The van der Waals surface area contributed by atoms with Crippen LogP contribution in [0, 0.1) is 26.2 Å². The van der Waals surface area contributed by atoms with Crippen LogP contribution in [0.25, 0.3) is 4.98 Å². The summed E-state index contributed by atoms with van der Waals surface area (Å²) in [6.45, 7) is 6.46. The van der Waals surface area contributed by atoms with Crippen molar-refractivity contribution in [3.8, 4) is 11.5 Å². The third-order valence-corrected chi connectivity index (χ3v) is 9.24. The van der Waals surface area contributed by atoms with Gasteiger partial charge in [-0.05, 0) is 99.4 Å². The minimum atomic E-state index is -4.29. The van der Waals surface area contributed by atoms with Crippen LogP contribution in [0.4, 0.5) is 0 Å². The molecule has 1 fully saturated rings. The molecule has 0 aliphatic heterocycles. The van der Waals surface area contributed by atoms with Crippen molar-refractivity contribution in [3.05, 3.63) is 104 Å². The van der Waals surface area contributed by atoms with Gasteiger partial charge in [-0.15, -0.1) is 0 Å². The molecular weight excluding hydrogens is 538 g/mol. The van der Waals surface area contributed by atoms with Crippen LogP contribution in [0.3, 0.4) is 0 Å². The molecule has 0 bridgehead atoms. The normalized spacial score (nSPS) is 14.3. The Bertz CT molecular complexity index is 1530. The number of aryl methyl sites for hydroxylation is 3. The van der Waals surface area contributed by atoms with Crippen molar-refractivity contribution in [3.63, 3.8) is 0 Å². The summed E-state index contributed by atoms with van der Waals surface area (Å²) in [5.41, 5.74) is 5.04. The fourth-order valence-electron chi connectivity index (χ4n) is 5.39. The Kier molecular flexibility index (Phi) is 9.56. The number of aliphatic hydroxyl groups excluding tert-OH is 1. The average Bonchev–Trinajstić information content (AvgIpc) is 3.46. The minimum absolute atomic E-state index is 0.0779. The highest BCUT2D eigenvalue weighted by Crippen LogP contribution is 2.33. The monoisotopic (exact) mass is 576 g/mol. The predicted octanol–water partition coefficient (Wildman–Crippen LogP) is 7.00. The topological polar surface area (TPSA) is 104 Å². The molecule has 3 aromatic rings. The van der Waals surface area contributed by atoms with Crippen molar-refractivity contribution >= 4 is 9.84 Å². The number of nitrogens with zero attached hydrogens (tertiary/aromatic N) is 3. The molecule has 0 amide bonds. The number of diazo groups is 1. The van der Waals surface area contributed by atoms with E-state index in [0.717, 1.165) is 53.5 Å². The van der Waals surface area contributed by atoms with E-state index in [4.69, 9.17) is 9.47 Å². The second-order valence-corrected chi connectivity index (χ2v) is 12.5. The zero-order valence-corrected chi connectivity index (χ0v) is 24.9. The van der Waals surface area contributed by atoms with E-state index < -0.39 is 20.7 Å². The molecule has 1 aliphatic carbocycles. The van der Waals surface area contributed by atoms with Gasteiger partial charge in [-0.1, -0.05) is 42.0 Å². The van der Waals surface area contributed by atoms with E-state index in [2.05, 4.69) is 17.1 Å². The second-order valence-electron chi connectivity index (χ2n) is 10.6. The summed E-state index contributed by atoms with van der Waals surface area (Å²) in [6, 6.07) is 17.5. The van der Waals surface area contributed by atoms with Crippen LogP contribution in [0.5, 0.6) is 11.5 Å². The number of aliphatic hydroxyl groups is 1. The molecule has 9 heteroatoms. The molecule has 4 rings (SSSR count). The molecule has 0 atom stereocenters. The van der Waals surface area contributed by atoms with Gasteiger partial charge in [0, 0.05) is 13.1 Å². The maximum atomic E-state index is 13.4. The average molecular weight is 577 g/mol. The van der Waals surface area contributed by atoms with Crippen molar-refractivity contribution in [2.75, 3.05) is 13.7 Å². The predicted molar refractivity (Wildman–Crippen MR) is 159 cm³/mol. The number of benzene rings is 3. The largest absolute Gasteiger partial charge is 0.537 e. The summed E-state index contributed by atoms with van der Waals surface area (Å²) < 4.78 is 38.5. The van der Waals surface area contributed by atoms with Gasteiger partial charge in [-0.2, -0.15) is 0 Å². The molecule has 0 unspecified atom stereocenters. The van der Waals surface area contributed by atoms with Crippen LogP contribution in [-0.2, 0) is 22.8 Å². The molecule has 1 saturated carbocycles. The Labute approximate surface area is 242 Å². The Morgan fingerprint density at radius 1 is 1.00 bits per heavy atom. The molecule has 0 saturated heterocycles. The summed E-state index contributed by atoms with van der Waals surface area (Å²) in [5, 5.41) is 20.4. The van der Waals surface area contributed by atoms with Gasteiger partial charge < -0.3 is 19.5 Å². The minimum Gasteiger partial charge on any atom is -0.493 e. The van der Waals surface area contributed by atoms with Crippen molar-refractivity contribution < 1.29 is 23.0 Å². The van der Waals surface area contributed by atoms with Crippen LogP contribution in [0.2, 0.25) is 0 Å². The number of hydrogen-bond donors (Lipinski definition) is 1. The number of rotatable bonds is 11. The second kappa shape index (κ2) is 13.1. The van der Waals surface area contributed by atoms with Crippen LogP contribution < -0.4 is 9.47 Å². The highest BCUT2D eigenvalue weighted by atomic mass is 32.2. The van der Waals surface area contributed by atoms with E-state index in [1.54, 1.807) is 30.2 Å². The molecule has 41 heavy (non-hydrogen) atoms. The lowest BCUT2D eigenvalue weighted by atomic mass is 9.99. The van der Waals surface area contributed by atoms with Crippen molar-refractivity contribution in [2.24, 2.45) is 0 Å². The standard InChI is InChI=1S/C32H37N3O5S/c1-22-18-23(2)28(24(3)19-22)21-35(32(36)31(34-33)41(37,38)27-12-6-5-7-13-27)17-16-25-14-15-29(39-4)30(20-25)40-26-10-8-9-11-26/h5-7,12-15,18-20,26H,8-11,16-17,21H2,1-4H3/p+1/b32-31-. The van der Waals surface area contributed by atoms with Gasteiger partial charge in [0.25, 0.3) is 15.7 Å². The van der Waals surface area contributed by atoms with Gasteiger partial charge in [0.15, 0.2) is 16.5 Å². The number of hydrogen-bond acceptors (Lipinski definition) is 7. The van der Waals surface area contributed by atoms with Gasteiger partial charge in [-0.25, -0.2) is 8.42 Å². The molecule has 1 aliphatic rings. The first-order valence-corrected chi connectivity index (χ1v) is 15.4. The highest BCUT2D eigenvalue weighted by Gasteiger charge is 2.40. The van der Waals surface area contributed by atoms with Gasteiger partial charge in [0.2, 0.25) is 5.39 Å². The lowest BCUT2D eigenvalue weighted by Gasteiger charge is -2.25. The fourth-order valence-corrected chi connectivity index (χ4v) is 6.61. The molecule has 216 valence electrons. The third kappa shape index (κ3) is 7.01. The maximum Gasteiger partial charge on any atom is 0.537 e. The number of ether oxygens (including phenoxy) is 2. The van der Waals surface area contributed by atoms with E-state index >= 15 is 0 Å². The van der Waals surface area contributed by atoms with Gasteiger partial charge in [0.05, 0.1) is 18.1 Å². The first-order valence-electron chi connectivity index (χ1n) is 13.9. The van der Waals surface area contributed by atoms with Crippen LogP contribution in [-0.4, -0.2) is 38.2 Å². The molecule has 0 spiro atoms. The van der Waals surface area contributed by atoms with Gasteiger partial charge in [0.1, 0.15) is 0 Å². The Hall–Kier alpha value is -4.03. The van der Waals surface area contributed by atoms with Crippen molar-refractivity contribution in [1.29, 1.82) is 5.39 Å². The fraction of sp³-hybridized carbons (Fsp3) is 0.375. The summed E-state index contributed by atoms with van der Waals surface area (Å²) in [6.07, 6.45) is 4.94. The molecule has 8 nitrogen and oxygen atoms in total. The summed E-state index contributed by atoms with van der Waals surface area (Å²) in [5.74, 6) is 0.708. The van der Waals surface area contributed by atoms with Crippen molar-refractivity contribution in [2.45, 2.75) is 70.4 Å². The summed E-state index contributed by atoms with van der Waals surface area (Å²) in [4.78, 5) is 4.54. The Morgan fingerprint density at radius 2 is 1.66 bits per heavy atom. The zero-order valence-electron chi connectivity index (χ0n) is 24.1. The molecule has 1 N–H and O–H groups in total. The van der Waals surface area contributed by atoms with E-state index in [1.807, 2.05) is 39.0 Å². The van der Waals surface area contributed by atoms with E-state index in [-0.39, 0.29) is 24.1 Å². The van der Waals surface area contributed by atoms with Gasteiger partial charge >= 0.3 is 5.03 Å². The lowest BCUT2D eigenvalue weighted by molar-refractivity contribution is 0.193. The first-order chi connectivity index (χ1) is 19.6. The third-order valence-electron chi connectivity index (χ3n) is 7.57. The highest BCUT2D eigenvalue weighted by molar-refractivity contribution is 7.95. The number of methoxy groups -OCH3 is 1. The molecule has 0 aromatic heterocycles. The molecule has 3 aromatic carbocycles. The zero-order chi connectivity index (χ0) is 29.6. The maximum absolute atomic E-state index is 13.4. The van der Waals surface area contributed by atoms with E-state index in [1.165, 1.54) is 12.1 Å². The van der Waals surface area contributed by atoms with Crippen molar-refractivity contribution in [1.82, 2.24) is 4.90 Å². The van der Waals surface area contributed by atoms with E-state index in [0.29, 0.717) is 17.9 Å². The summed E-state index contributed by atoms with van der Waals surface area (Å²) >= 11 is 0. The van der Waals surface area contributed by atoms with Crippen LogP contribution in [0.15, 0.2) is 76.5 Å². The molecule has 0 radical (unpaired) electrons. The molecule has 0 heterocycles. The van der Waals surface area contributed by atoms with Gasteiger partial charge in [-0.3, -0.25) is 0 Å². The number of sulfone groups is 1. The smallest absolute Gasteiger partial charge is 0.493 e. The van der Waals surface area contributed by atoms with Crippen LogP contribution >= 0.6 is 0 Å². The SMILES string of the molecule is COc1ccc(CCN(Cc2c(C)cc(C)cc2C)/C(O)=C(\[N+]#N)S(=O)(=O)c2ccccc2)cc1OC1CCCC1. The summed E-state index contributed by atoms with van der Waals surface area (Å²) in [7, 11) is -2.68. The first kappa shape index (κ1) is 29.9. The Balaban J connectivity index is 1.70. The molecular formula is C32H38N3O5S+. The van der Waals surface area contributed by atoms with E-state index in [9.17, 15) is 18.9 Å². The quantitative estimate of drug-likeness (QED) is 0.194. The Morgan fingerprint density at radius 3 is 2.27 bits per heavy atom.